The fourth-order valence-electron chi connectivity index (χ4n) is 0.546. The predicted molar refractivity (Wildman–Crippen MR) is 29.2 cm³/mol. The number of amides is 1. The minimum atomic E-state index is -0.865. The maximum atomic E-state index is 10.00. The van der Waals surface area contributed by atoms with E-state index in [2.05, 4.69) is 0 Å². The van der Waals surface area contributed by atoms with Gasteiger partial charge in [-0.3, -0.25) is 0 Å². The third kappa shape index (κ3) is 0.865. The highest BCUT2D eigenvalue weighted by molar-refractivity contribution is 6.18. The molecule has 0 radical (unpaired) electrons. The number of carboxylic acid groups (broad SMARTS) is 1. The van der Waals surface area contributed by atoms with Crippen molar-refractivity contribution in [1.29, 1.82) is 0 Å². The molecule has 3 nitrogen and oxygen atoms in total. The SMILES string of the molecule is O=C(O)N1CC1CCl. The standard InChI is InChI=1S/C4H6ClNO2/c5-1-3-2-6(3)4(7)8/h3H,1-2H2,(H,7,8). The average Bonchev–Trinajstić information content (AvgIpc) is 2.42. The molecule has 1 unspecified atom stereocenters. The number of alkyl halides is 1. The van der Waals surface area contributed by atoms with Crippen LogP contribution in [0.1, 0.15) is 0 Å². The molecular weight excluding hydrogens is 130 g/mol. The Kier molecular flexibility index (Phi) is 1.29. The Bertz CT molecular complexity index is 117. The van der Waals surface area contributed by atoms with Crippen LogP contribution in [-0.4, -0.2) is 34.6 Å². The van der Waals surface area contributed by atoms with E-state index in [9.17, 15) is 4.79 Å². The summed E-state index contributed by atoms with van der Waals surface area (Å²) >= 11 is 5.33. The first-order chi connectivity index (χ1) is 3.75. The van der Waals surface area contributed by atoms with Crippen LogP contribution in [0.5, 0.6) is 0 Å². The van der Waals surface area contributed by atoms with Gasteiger partial charge >= 0.3 is 6.09 Å². The topological polar surface area (TPSA) is 40.3 Å². The van der Waals surface area contributed by atoms with Crippen LogP contribution in [0, 0.1) is 0 Å². The Morgan fingerprint density at radius 3 is 2.75 bits per heavy atom. The molecule has 1 amide bonds. The van der Waals surface area contributed by atoms with E-state index >= 15 is 0 Å². The van der Waals surface area contributed by atoms with Crippen LogP contribution in [0.4, 0.5) is 4.79 Å². The smallest absolute Gasteiger partial charge is 0.407 e. The Balaban J connectivity index is 2.26. The molecule has 0 spiro atoms. The molecule has 1 atom stereocenters. The van der Waals surface area contributed by atoms with Crippen LogP contribution in [0.25, 0.3) is 0 Å². The highest BCUT2D eigenvalue weighted by atomic mass is 35.5. The first-order valence-electron chi connectivity index (χ1n) is 2.31. The van der Waals surface area contributed by atoms with Gasteiger partial charge in [0.05, 0.1) is 6.04 Å². The van der Waals surface area contributed by atoms with Crippen molar-refractivity contribution < 1.29 is 9.90 Å². The number of carbonyl (C=O) groups is 1. The summed E-state index contributed by atoms with van der Waals surface area (Å²) in [6, 6.07) is 0.0918. The van der Waals surface area contributed by atoms with Gasteiger partial charge in [0.2, 0.25) is 0 Å². The quantitative estimate of drug-likeness (QED) is 0.422. The van der Waals surface area contributed by atoms with Gasteiger partial charge in [-0.1, -0.05) is 0 Å². The summed E-state index contributed by atoms with van der Waals surface area (Å²) in [5.74, 6) is 0.423. The summed E-state index contributed by atoms with van der Waals surface area (Å²) < 4.78 is 0. The summed E-state index contributed by atoms with van der Waals surface area (Å²) in [6.45, 7) is 0.610. The van der Waals surface area contributed by atoms with Crippen molar-refractivity contribution in [1.82, 2.24) is 4.90 Å². The lowest BCUT2D eigenvalue weighted by molar-refractivity contribution is 0.177. The van der Waals surface area contributed by atoms with Crippen molar-refractivity contribution in [3.63, 3.8) is 0 Å². The second-order valence-electron chi connectivity index (χ2n) is 1.74. The lowest BCUT2D eigenvalue weighted by atomic mass is 10.6. The van der Waals surface area contributed by atoms with Crippen LogP contribution < -0.4 is 0 Å². The number of halogens is 1. The summed E-state index contributed by atoms with van der Waals surface area (Å²) in [4.78, 5) is 11.3. The van der Waals surface area contributed by atoms with Gasteiger partial charge < -0.3 is 10.0 Å². The summed E-state index contributed by atoms with van der Waals surface area (Å²) in [5.41, 5.74) is 0. The van der Waals surface area contributed by atoms with Crippen LogP contribution >= 0.6 is 11.6 Å². The Morgan fingerprint density at radius 2 is 2.62 bits per heavy atom. The van der Waals surface area contributed by atoms with E-state index in [1.807, 2.05) is 0 Å². The molecule has 0 aliphatic carbocycles. The number of rotatable bonds is 1. The minimum Gasteiger partial charge on any atom is -0.465 e. The molecule has 1 heterocycles. The van der Waals surface area contributed by atoms with Gasteiger partial charge in [-0.25, -0.2) is 4.79 Å². The Morgan fingerprint density at radius 1 is 2.00 bits per heavy atom. The third-order valence-corrected chi connectivity index (χ3v) is 1.49. The van der Waals surface area contributed by atoms with Gasteiger partial charge in [-0.2, -0.15) is 0 Å². The summed E-state index contributed by atoms with van der Waals surface area (Å²) in [7, 11) is 0. The van der Waals surface area contributed by atoms with Gasteiger partial charge in [-0.15, -0.1) is 11.6 Å². The van der Waals surface area contributed by atoms with Crippen molar-refractivity contribution in [3.05, 3.63) is 0 Å². The zero-order valence-corrected chi connectivity index (χ0v) is 4.93. The lowest BCUT2D eigenvalue weighted by Gasteiger charge is -1.90. The van der Waals surface area contributed by atoms with Gasteiger partial charge in [0.1, 0.15) is 0 Å². The molecule has 1 aliphatic heterocycles. The first kappa shape index (κ1) is 5.69. The van der Waals surface area contributed by atoms with E-state index < -0.39 is 6.09 Å². The van der Waals surface area contributed by atoms with Gasteiger partial charge in [0.25, 0.3) is 0 Å². The maximum absolute atomic E-state index is 10.00. The minimum absolute atomic E-state index is 0.0918. The Labute approximate surface area is 51.8 Å². The molecule has 1 aliphatic rings. The monoisotopic (exact) mass is 135 g/mol. The molecular formula is C4H6ClNO2. The molecule has 0 bridgehead atoms. The number of nitrogens with zero attached hydrogens (tertiary/aromatic N) is 1. The molecule has 4 heteroatoms. The van der Waals surface area contributed by atoms with Crippen LogP contribution in [0.15, 0.2) is 0 Å². The van der Waals surface area contributed by atoms with E-state index in [4.69, 9.17) is 16.7 Å². The van der Waals surface area contributed by atoms with E-state index in [0.717, 1.165) is 0 Å². The van der Waals surface area contributed by atoms with Gasteiger partial charge in [-0.05, 0) is 0 Å². The second-order valence-corrected chi connectivity index (χ2v) is 2.05. The first-order valence-corrected chi connectivity index (χ1v) is 2.84. The van der Waals surface area contributed by atoms with E-state index in [1.165, 1.54) is 4.90 Å². The molecule has 1 rings (SSSR count). The number of hydrogen-bond donors (Lipinski definition) is 1. The second kappa shape index (κ2) is 1.82. The zero-order chi connectivity index (χ0) is 6.15. The molecule has 1 saturated heterocycles. The van der Waals surface area contributed by atoms with Crippen LogP contribution in [0.2, 0.25) is 0 Å². The van der Waals surface area contributed by atoms with E-state index in [1.54, 1.807) is 0 Å². The molecule has 1 N–H and O–H groups in total. The van der Waals surface area contributed by atoms with Crippen LogP contribution in [-0.2, 0) is 0 Å². The fraction of sp³-hybridized carbons (Fsp3) is 0.750. The highest BCUT2D eigenvalue weighted by Crippen LogP contribution is 2.17. The molecule has 0 aromatic heterocycles. The molecule has 8 heavy (non-hydrogen) atoms. The van der Waals surface area contributed by atoms with Crippen molar-refractivity contribution in [2.75, 3.05) is 12.4 Å². The largest absolute Gasteiger partial charge is 0.465 e. The van der Waals surface area contributed by atoms with Gasteiger partial charge in [0, 0.05) is 12.4 Å². The maximum Gasteiger partial charge on any atom is 0.407 e. The summed E-state index contributed by atoms with van der Waals surface area (Å²) in [6.07, 6.45) is -0.865. The van der Waals surface area contributed by atoms with Crippen molar-refractivity contribution in [2.24, 2.45) is 0 Å². The summed E-state index contributed by atoms with van der Waals surface area (Å²) in [5, 5.41) is 8.22. The normalized spacial score (nSPS) is 25.6. The zero-order valence-electron chi connectivity index (χ0n) is 4.17. The molecule has 0 aromatic carbocycles. The molecule has 0 saturated carbocycles. The van der Waals surface area contributed by atoms with Crippen molar-refractivity contribution in [2.45, 2.75) is 6.04 Å². The molecule has 1 fully saturated rings. The highest BCUT2D eigenvalue weighted by Gasteiger charge is 2.37. The molecule has 46 valence electrons. The van der Waals surface area contributed by atoms with E-state index in [-0.39, 0.29) is 6.04 Å². The van der Waals surface area contributed by atoms with Crippen molar-refractivity contribution >= 4 is 17.7 Å². The third-order valence-electron chi connectivity index (χ3n) is 1.14. The Hall–Kier alpha value is -0.440. The number of hydrogen-bond acceptors (Lipinski definition) is 1. The average molecular weight is 136 g/mol. The van der Waals surface area contributed by atoms with Gasteiger partial charge in [0.15, 0.2) is 0 Å². The van der Waals surface area contributed by atoms with Crippen LogP contribution in [0.3, 0.4) is 0 Å². The predicted octanol–water partition coefficient (Wildman–Crippen LogP) is 0.587. The van der Waals surface area contributed by atoms with E-state index in [0.29, 0.717) is 12.4 Å². The lowest BCUT2D eigenvalue weighted by Crippen LogP contribution is -2.09. The van der Waals surface area contributed by atoms with Crippen molar-refractivity contribution in [3.8, 4) is 0 Å². The molecule has 0 aromatic rings. The fourth-order valence-corrected chi connectivity index (χ4v) is 0.810.